The summed E-state index contributed by atoms with van der Waals surface area (Å²) in [5.74, 6) is 1.73. The van der Waals surface area contributed by atoms with E-state index in [0.29, 0.717) is 28.5 Å². The number of hydrogen-bond acceptors (Lipinski definition) is 3. The number of halogens is 1. The van der Waals surface area contributed by atoms with Crippen molar-refractivity contribution >= 4 is 35.0 Å². The van der Waals surface area contributed by atoms with E-state index in [-0.39, 0.29) is 35.6 Å². The van der Waals surface area contributed by atoms with Crippen LogP contribution in [0.15, 0.2) is 24.3 Å². The Kier molecular flexibility index (Phi) is 4.90. The Morgan fingerprint density at radius 3 is 2.06 bits per heavy atom. The van der Waals surface area contributed by atoms with Crippen LogP contribution in [0.3, 0.4) is 0 Å². The van der Waals surface area contributed by atoms with Crippen LogP contribution in [0.1, 0.15) is 70.6 Å². The topological polar surface area (TPSA) is 57.7 Å². The van der Waals surface area contributed by atoms with E-state index < -0.39 is 6.04 Å². The van der Waals surface area contributed by atoms with Gasteiger partial charge in [-0.15, -0.1) is 0 Å². The van der Waals surface area contributed by atoms with Crippen LogP contribution in [0.4, 0.5) is 5.69 Å². The van der Waals surface area contributed by atoms with E-state index in [1.54, 1.807) is 24.3 Å². The molecule has 1 aliphatic heterocycles. The molecule has 1 unspecified atom stereocenters. The third-order valence-corrected chi connectivity index (χ3v) is 9.24. The van der Waals surface area contributed by atoms with Gasteiger partial charge in [0.25, 0.3) is 5.91 Å². The summed E-state index contributed by atoms with van der Waals surface area (Å²) in [6.07, 6.45) is 10.9. The van der Waals surface area contributed by atoms with E-state index in [9.17, 15) is 14.4 Å². The van der Waals surface area contributed by atoms with Gasteiger partial charge in [0.05, 0.1) is 17.5 Å². The largest absolute Gasteiger partial charge is 0.327 e. The molecule has 3 amide bonds. The van der Waals surface area contributed by atoms with Gasteiger partial charge in [0, 0.05) is 11.1 Å². The molecule has 5 aliphatic carbocycles. The molecule has 1 heterocycles. The molecule has 5 saturated carbocycles. The molecule has 6 aliphatic rings. The third-order valence-electron chi connectivity index (χ3n) is 8.99. The summed E-state index contributed by atoms with van der Waals surface area (Å²) in [5.41, 5.74) is 0.245. The van der Waals surface area contributed by atoms with E-state index in [1.165, 1.54) is 24.2 Å². The molecule has 170 valence electrons. The van der Waals surface area contributed by atoms with Crippen LogP contribution in [-0.2, 0) is 14.4 Å². The molecule has 6 fully saturated rings. The number of nitrogens with zero attached hydrogens (tertiary/aromatic N) is 2. The first kappa shape index (κ1) is 20.7. The maximum atomic E-state index is 14.3. The van der Waals surface area contributed by atoms with Gasteiger partial charge in [-0.25, -0.2) is 4.90 Å². The van der Waals surface area contributed by atoms with Crippen LogP contribution < -0.4 is 4.90 Å². The highest BCUT2D eigenvalue weighted by Crippen LogP contribution is 2.61. The molecule has 5 nitrogen and oxygen atoms in total. The zero-order valence-corrected chi connectivity index (χ0v) is 19.2. The van der Waals surface area contributed by atoms with E-state index in [0.717, 1.165) is 44.9 Å². The molecule has 1 aromatic rings. The number of amides is 3. The Hall–Kier alpha value is -1.88. The summed E-state index contributed by atoms with van der Waals surface area (Å²) >= 11 is 6.01. The second-order valence-corrected chi connectivity index (χ2v) is 11.5. The van der Waals surface area contributed by atoms with Gasteiger partial charge in [0.2, 0.25) is 11.8 Å². The standard InChI is InChI=1S/C26H31ClN2O3/c27-19-5-7-21(8-6-19)29-23(30)12-22(24(29)31)28(20-3-1-2-4-20)25(32)26-13-16-9-17(14-26)11-18(10-16)15-26/h5-8,16-18,20,22H,1-4,9-15H2. The normalized spacial score (nSPS) is 36.3. The first-order valence-corrected chi connectivity index (χ1v) is 12.8. The lowest BCUT2D eigenvalue weighted by Crippen LogP contribution is -2.59. The first-order chi connectivity index (χ1) is 15.4. The first-order valence-electron chi connectivity index (χ1n) is 12.4. The van der Waals surface area contributed by atoms with Crippen molar-refractivity contribution in [1.29, 1.82) is 0 Å². The van der Waals surface area contributed by atoms with Crippen LogP contribution in [0.5, 0.6) is 0 Å². The molecule has 32 heavy (non-hydrogen) atoms. The lowest BCUT2D eigenvalue weighted by molar-refractivity contribution is -0.164. The van der Waals surface area contributed by atoms with E-state index in [1.807, 2.05) is 4.90 Å². The van der Waals surface area contributed by atoms with Gasteiger partial charge in [-0.1, -0.05) is 24.4 Å². The Morgan fingerprint density at radius 1 is 0.938 bits per heavy atom. The van der Waals surface area contributed by atoms with Crippen molar-refractivity contribution in [2.24, 2.45) is 23.2 Å². The minimum absolute atomic E-state index is 0.0856. The zero-order valence-electron chi connectivity index (χ0n) is 18.5. The minimum atomic E-state index is -0.665. The number of rotatable bonds is 4. The fraction of sp³-hybridized carbons (Fsp3) is 0.654. The Balaban J connectivity index is 1.33. The monoisotopic (exact) mass is 454 g/mol. The number of carbonyl (C=O) groups is 3. The number of carbonyl (C=O) groups excluding carboxylic acids is 3. The van der Waals surface area contributed by atoms with Gasteiger partial charge in [0.15, 0.2) is 0 Å². The van der Waals surface area contributed by atoms with Gasteiger partial charge in [-0.2, -0.15) is 0 Å². The van der Waals surface area contributed by atoms with Gasteiger partial charge < -0.3 is 4.90 Å². The molecule has 4 bridgehead atoms. The van der Waals surface area contributed by atoms with Crippen LogP contribution >= 0.6 is 11.6 Å². The Bertz CT molecular complexity index is 917. The van der Waals surface area contributed by atoms with Crippen LogP contribution in [0, 0.1) is 23.2 Å². The Morgan fingerprint density at radius 2 is 1.50 bits per heavy atom. The van der Waals surface area contributed by atoms with Crippen molar-refractivity contribution < 1.29 is 14.4 Å². The summed E-state index contributed by atoms with van der Waals surface area (Å²) in [7, 11) is 0. The average molecular weight is 455 g/mol. The molecule has 0 N–H and O–H groups in total. The van der Waals surface area contributed by atoms with Crippen molar-refractivity contribution in [3.8, 4) is 0 Å². The summed E-state index contributed by atoms with van der Waals surface area (Å²) in [5, 5.41) is 0.564. The molecule has 0 aromatic heterocycles. The quantitative estimate of drug-likeness (QED) is 0.604. The van der Waals surface area contributed by atoms with Gasteiger partial charge in [-0.05, 0) is 93.4 Å². The number of hydrogen-bond donors (Lipinski definition) is 0. The molecular formula is C26H31ClN2O3. The summed E-state index contributed by atoms with van der Waals surface area (Å²) in [6, 6.07) is 6.23. The zero-order chi connectivity index (χ0) is 22.0. The van der Waals surface area contributed by atoms with Gasteiger partial charge in [0.1, 0.15) is 6.04 Å². The average Bonchev–Trinajstić information content (AvgIpc) is 3.37. The summed E-state index contributed by atoms with van der Waals surface area (Å²) < 4.78 is 0. The number of anilines is 1. The SMILES string of the molecule is O=C1CC(N(C(=O)C23CC4CC(CC(C4)C2)C3)C2CCCC2)C(=O)N1c1ccc(Cl)cc1. The van der Waals surface area contributed by atoms with Gasteiger partial charge in [-0.3, -0.25) is 14.4 Å². The second-order valence-electron chi connectivity index (χ2n) is 11.1. The molecule has 0 spiro atoms. The fourth-order valence-corrected chi connectivity index (χ4v) is 8.21. The van der Waals surface area contributed by atoms with E-state index >= 15 is 0 Å². The van der Waals surface area contributed by atoms with Gasteiger partial charge >= 0.3 is 0 Å². The number of imide groups is 1. The van der Waals surface area contributed by atoms with Crippen molar-refractivity contribution in [3.05, 3.63) is 29.3 Å². The highest BCUT2D eigenvalue weighted by atomic mass is 35.5. The van der Waals surface area contributed by atoms with Crippen LogP contribution in [-0.4, -0.2) is 34.7 Å². The Labute approximate surface area is 194 Å². The highest BCUT2D eigenvalue weighted by Gasteiger charge is 2.58. The molecule has 1 aromatic carbocycles. The van der Waals surface area contributed by atoms with Crippen LogP contribution in [0.2, 0.25) is 5.02 Å². The predicted octanol–water partition coefficient (Wildman–Crippen LogP) is 4.96. The summed E-state index contributed by atoms with van der Waals surface area (Å²) in [4.78, 5) is 44.2. The highest BCUT2D eigenvalue weighted by molar-refractivity contribution is 6.30. The molecule has 7 rings (SSSR count). The van der Waals surface area contributed by atoms with Crippen molar-refractivity contribution in [2.75, 3.05) is 4.90 Å². The predicted molar refractivity (Wildman–Crippen MR) is 122 cm³/mol. The van der Waals surface area contributed by atoms with Crippen molar-refractivity contribution in [1.82, 2.24) is 4.90 Å². The van der Waals surface area contributed by atoms with E-state index in [2.05, 4.69) is 0 Å². The van der Waals surface area contributed by atoms with Crippen molar-refractivity contribution in [3.63, 3.8) is 0 Å². The maximum Gasteiger partial charge on any atom is 0.257 e. The summed E-state index contributed by atoms with van der Waals surface area (Å²) in [6.45, 7) is 0. The molecule has 1 atom stereocenters. The van der Waals surface area contributed by atoms with E-state index in [4.69, 9.17) is 11.6 Å². The third kappa shape index (κ3) is 3.22. The lowest BCUT2D eigenvalue weighted by Gasteiger charge is -2.57. The molecular weight excluding hydrogens is 424 g/mol. The van der Waals surface area contributed by atoms with Crippen LogP contribution in [0.25, 0.3) is 0 Å². The fourth-order valence-electron chi connectivity index (χ4n) is 8.09. The minimum Gasteiger partial charge on any atom is -0.327 e. The second kappa shape index (κ2) is 7.58. The maximum absolute atomic E-state index is 14.3. The molecule has 6 heteroatoms. The smallest absolute Gasteiger partial charge is 0.257 e. The number of benzene rings is 1. The molecule has 0 radical (unpaired) electrons. The molecule has 1 saturated heterocycles. The lowest BCUT2D eigenvalue weighted by atomic mass is 9.49. The van der Waals surface area contributed by atoms with Crippen molar-refractivity contribution in [2.45, 2.75) is 82.7 Å².